The van der Waals surface area contributed by atoms with Crippen LogP contribution in [-0.4, -0.2) is 57.9 Å². The fraction of sp³-hybridized carbons (Fsp3) is 0.0741. The molecule has 0 radical (unpaired) electrons. The van der Waals surface area contributed by atoms with Crippen LogP contribution in [0.5, 0.6) is 23.0 Å². The number of halogens is 1. The summed E-state index contributed by atoms with van der Waals surface area (Å²) in [5, 5.41) is 5.66. The minimum Gasteiger partial charge on any atom is -0.656 e. The topological polar surface area (TPSA) is 225 Å². The van der Waals surface area contributed by atoms with Crippen LogP contribution >= 0.6 is 0 Å². The summed E-state index contributed by atoms with van der Waals surface area (Å²) in [6.45, 7) is 0. The van der Waals surface area contributed by atoms with Gasteiger partial charge in [-0.1, -0.05) is 36.4 Å². The first-order valence-corrected chi connectivity index (χ1v) is 22.8. The van der Waals surface area contributed by atoms with Crippen LogP contribution in [0.1, 0.15) is 0 Å². The fourth-order valence-electron chi connectivity index (χ4n) is 6.82. The third kappa shape index (κ3) is 15.2. The molecular formula is C54H45ClN8O8Ru. The molecule has 0 N–H and O–H groups in total. The van der Waals surface area contributed by atoms with E-state index in [2.05, 4.69) is 24.5 Å². The van der Waals surface area contributed by atoms with Gasteiger partial charge in [-0.25, -0.2) is 23.6 Å². The van der Waals surface area contributed by atoms with Gasteiger partial charge in [-0.2, -0.15) is 0 Å². The van der Waals surface area contributed by atoms with Crippen molar-refractivity contribution in [2.45, 2.75) is 0 Å². The summed E-state index contributed by atoms with van der Waals surface area (Å²) in [5.74, 6) is 3.04. The van der Waals surface area contributed by atoms with Crippen molar-refractivity contribution >= 4 is 28.1 Å². The Labute approximate surface area is 430 Å². The Bertz CT molecular complexity index is 3090. The normalized spacial score (nSPS) is 10.8. The van der Waals surface area contributed by atoms with Gasteiger partial charge in [0.05, 0.1) is 84.7 Å². The first kappa shape index (κ1) is 53.2. The van der Waals surface area contributed by atoms with E-state index in [0.29, 0.717) is 11.0 Å². The summed E-state index contributed by atoms with van der Waals surface area (Å²) in [6, 6.07) is 56.2. The van der Waals surface area contributed by atoms with Crippen molar-refractivity contribution in [3.8, 4) is 62.8 Å². The van der Waals surface area contributed by atoms with Gasteiger partial charge in [-0.05, 0) is 133 Å². The molecule has 18 heteroatoms. The molecule has 72 heavy (non-hydrogen) atoms. The van der Waals surface area contributed by atoms with Crippen LogP contribution in [0.15, 0.2) is 206 Å². The summed E-state index contributed by atoms with van der Waals surface area (Å²) in [5.41, 5.74) is 10.2. The molecule has 0 fully saturated rings. The first-order valence-electron chi connectivity index (χ1n) is 21.5. The quantitative estimate of drug-likeness (QED) is 0.0972. The van der Waals surface area contributed by atoms with Crippen LogP contribution in [0.4, 0.5) is 17.1 Å². The second-order valence-corrected chi connectivity index (χ2v) is 15.4. The summed E-state index contributed by atoms with van der Waals surface area (Å²) in [4.78, 5) is 26.8. The van der Waals surface area contributed by atoms with Crippen LogP contribution in [0, 0.1) is 10.2 Å². The van der Waals surface area contributed by atoms with Gasteiger partial charge < -0.3 is 28.8 Å². The van der Waals surface area contributed by atoms with Crippen molar-refractivity contribution in [1.29, 1.82) is 0 Å². The summed E-state index contributed by atoms with van der Waals surface area (Å²) >= 11 is 0. The number of benzene rings is 5. The molecule has 2 aliphatic rings. The first-order chi connectivity index (χ1) is 34.5. The SMILES string of the molecule is COc1ccc(N=c2cc3n(-c4ccc(OC)cc4)c4cc(OC)ccc4nc-3cc2[N-]c2ccc(OC)cc2)cc1.[O-][Cl+3]([O-])([O-])[O-].[Ru+2].c1ccc(-c2ccccn2)nc1.c1ccc(-c2ccccn2)nc1. The molecule has 0 spiro atoms. The summed E-state index contributed by atoms with van der Waals surface area (Å²) in [6.07, 6.45) is 7.07. The minimum absolute atomic E-state index is 0. The van der Waals surface area contributed by atoms with E-state index in [4.69, 9.17) is 52.9 Å². The van der Waals surface area contributed by atoms with Gasteiger partial charge in [0.1, 0.15) is 23.0 Å². The fourth-order valence-corrected chi connectivity index (χ4v) is 6.82. The van der Waals surface area contributed by atoms with Crippen LogP contribution in [0.25, 0.3) is 56.2 Å². The second-order valence-electron chi connectivity index (χ2n) is 14.7. The number of rotatable bonds is 10. The van der Waals surface area contributed by atoms with Crippen LogP contribution < -0.4 is 42.9 Å². The molecule has 4 aromatic heterocycles. The van der Waals surface area contributed by atoms with Crippen LogP contribution in [0.3, 0.4) is 0 Å². The molecular weight excluding hydrogens is 1030 g/mol. The molecule has 8 aromatic rings. The van der Waals surface area contributed by atoms with Crippen molar-refractivity contribution < 1.29 is 67.3 Å². The number of aromatic nitrogens is 6. The Hall–Kier alpha value is -8.15. The monoisotopic (exact) mass is 1070 g/mol. The van der Waals surface area contributed by atoms with Gasteiger partial charge in [0.25, 0.3) is 0 Å². The molecule has 0 saturated carbocycles. The van der Waals surface area contributed by atoms with Crippen LogP contribution in [0.2, 0.25) is 0 Å². The van der Waals surface area contributed by atoms with Gasteiger partial charge in [-0.15, -0.1) is 21.6 Å². The number of ether oxygens (including phenoxy) is 4. The zero-order valence-electron chi connectivity index (χ0n) is 39.1. The number of hydrogen-bond acceptors (Lipinski definition) is 14. The molecule has 0 amide bonds. The van der Waals surface area contributed by atoms with E-state index in [1.54, 1.807) is 53.2 Å². The van der Waals surface area contributed by atoms with E-state index in [1.807, 2.05) is 176 Å². The number of methoxy groups -OCH3 is 4. The zero-order valence-corrected chi connectivity index (χ0v) is 41.6. The average Bonchev–Trinajstić information content (AvgIpc) is 3.41. The number of fused-ring (bicyclic) bond motifs is 2. The van der Waals surface area contributed by atoms with E-state index >= 15 is 0 Å². The molecule has 1 aliphatic carbocycles. The number of pyridine rings is 4. The molecule has 10 rings (SSSR count). The Morgan fingerprint density at radius 2 is 0.889 bits per heavy atom. The van der Waals surface area contributed by atoms with Crippen molar-refractivity contribution in [2.75, 3.05) is 28.4 Å². The predicted octanol–water partition coefficient (Wildman–Crippen LogP) is 7.26. The molecule has 5 heterocycles. The Morgan fingerprint density at radius 3 is 1.31 bits per heavy atom. The summed E-state index contributed by atoms with van der Waals surface area (Å²) in [7, 11) is 1.66. The largest absolute Gasteiger partial charge is 2.00 e. The van der Waals surface area contributed by atoms with E-state index in [1.165, 1.54) is 0 Å². The van der Waals surface area contributed by atoms with E-state index in [-0.39, 0.29) is 19.5 Å². The van der Waals surface area contributed by atoms with Gasteiger partial charge in [0, 0.05) is 36.5 Å². The molecule has 0 unspecified atom stereocenters. The Balaban J connectivity index is 0.000000227. The maximum absolute atomic E-state index is 8.49. The van der Waals surface area contributed by atoms with Crippen molar-refractivity contribution in [3.63, 3.8) is 0 Å². The van der Waals surface area contributed by atoms with Crippen LogP contribution in [-0.2, 0) is 19.5 Å². The number of nitrogens with zero attached hydrogens (tertiary/aromatic N) is 8. The maximum atomic E-state index is 8.49. The molecule has 364 valence electrons. The zero-order chi connectivity index (χ0) is 50.0. The second kappa shape index (κ2) is 26.2. The van der Waals surface area contributed by atoms with Gasteiger partial charge in [0.2, 0.25) is 0 Å². The Kier molecular flexibility index (Phi) is 19.3. The molecule has 0 atom stereocenters. The van der Waals surface area contributed by atoms with Crippen molar-refractivity contribution in [1.82, 2.24) is 29.5 Å². The molecule has 1 aliphatic heterocycles. The van der Waals surface area contributed by atoms with Crippen molar-refractivity contribution in [3.05, 3.63) is 211 Å². The smallest absolute Gasteiger partial charge is 0.656 e. The Morgan fingerprint density at radius 1 is 0.472 bits per heavy atom. The van der Waals surface area contributed by atoms with Gasteiger partial charge in [0.15, 0.2) is 0 Å². The van der Waals surface area contributed by atoms with Crippen molar-refractivity contribution in [2.24, 2.45) is 4.99 Å². The van der Waals surface area contributed by atoms with Gasteiger partial charge in [-0.3, -0.25) is 24.9 Å². The number of hydrogen-bond donors (Lipinski definition) is 0. The molecule has 4 aromatic carbocycles. The third-order valence-corrected chi connectivity index (χ3v) is 10.1. The molecule has 0 saturated heterocycles. The third-order valence-electron chi connectivity index (χ3n) is 10.1. The van der Waals surface area contributed by atoms with E-state index in [0.717, 1.165) is 85.3 Å². The van der Waals surface area contributed by atoms with E-state index < -0.39 is 10.2 Å². The molecule has 0 bridgehead atoms. The van der Waals surface area contributed by atoms with Gasteiger partial charge >= 0.3 is 19.5 Å². The minimum atomic E-state index is -4.94. The molecule has 16 nitrogen and oxygen atoms in total. The average molecular weight is 1070 g/mol. The van der Waals surface area contributed by atoms with E-state index in [9.17, 15) is 0 Å². The summed E-state index contributed by atoms with van der Waals surface area (Å²) < 4.78 is 57.8. The maximum Gasteiger partial charge on any atom is 2.00 e. The standard InChI is InChI=1S/C34H29N4O4.2C10H8N2.ClHO4.Ru/c1-39-25-11-5-22(6-12-25)35-30-20-32-34(21-31(30)36-23-7-13-26(40-2)14-8-23)38(24-9-15-27(41-3)16-10-24)33-19-28(42-4)17-18-29(33)37-32;2*1-3-7-11-9(5-1)10-6-2-4-8-12-10;2-1(3,4)5;/h5-21H,1-4H3;2*1-8H;(H,2,3,4,5);/q-1;;;;+2/p-1. The predicted molar refractivity (Wildman–Crippen MR) is 260 cm³/mol.